The second-order valence-electron chi connectivity index (χ2n) is 10.3. The molecule has 1 atom stereocenters. The van der Waals surface area contributed by atoms with E-state index in [2.05, 4.69) is 52.8 Å². The van der Waals surface area contributed by atoms with Gasteiger partial charge in [-0.2, -0.15) is 0 Å². The van der Waals surface area contributed by atoms with Gasteiger partial charge in [0, 0.05) is 12.5 Å². The molecule has 0 N–H and O–H groups in total. The van der Waals surface area contributed by atoms with E-state index < -0.39 is 0 Å². The first-order valence-electron chi connectivity index (χ1n) is 12.5. The first-order chi connectivity index (χ1) is 15.5. The number of rotatable bonds is 10. The molecule has 2 rings (SSSR count). The van der Waals surface area contributed by atoms with Crippen molar-refractivity contribution in [1.82, 2.24) is 0 Å². The van der Waals surface area contributed by atoms with E-state index in [1.807, 2.05) is 19.9 Å². The molecule has 0 aromatic heterocycles. The van der Waals surface area contributed by atoms with Gasteiger partial charge in [0.05, 0.1) is 0 Å². The molecule has 0 saturated carbocycles. The van der Waals surface area contributed by atoms with Crippen LogP contribution in [0.15, 0.2) is 41.0 Å². The van der Waals surface area contributed by atoms with Crippen molar-refractivity contribution >= 4 is 5.97 Å². The largest absolute Gasteiger partial charge is 0.487 e. The highest BCUT2D eigenvalue weighted by molar-refractivity contribution is 5.70. The van der Waals surface area contributed by atoms with Gasteiger partial charge in [0.1, 0.15) is 17.1 Å². The third kappa shape index (κ3) is 8.53. The fourth-order valence-corrected chi connectivity index (χ4v) is 4.46. The van der Waals surface area contributed by atoms with Crippen LogP contribution in [0.2, 0.25) is 0 Å². The van der Waals surface area contributed by atoms with Crippen molar-refractivity contribution in [2.75, 3.05) is 0 Å². The van der Waals surface area contributed by atoms with E-state index in [1.165, 1.54) is 29.2 Å². The lowest BCUT2D eigenvalue weighted by Gasteiger charge is -2.37. The fourth-order valence-electron chi connectivity index (χ4n) is 4.46. The molecule has 33 heavy (non-hydrogen) atoms. The number of aryl methyl sites for hydroxylation is 1. The second kappa shape index (κ2) is 12.3. The summed E-state index contributed by atoms with van der Waals surface area (Å²) in [6.07, 6.45) is 15.6. The number of hydrogen-bond donors (Lipinski definition) is 0. The molecule has 1 aliphatic heterocycles. The number of carbonyl (C=O) groups is 1. The molecule has 0 radical (unpaired) electrons. The van der Waals surface area contributed by atoms with Crippen LogP contribution in [0.1, 0.15) is 103 Å². The summed E-state index contributed by atoms with van der Waals surface area (Å²) >= 11 is 0. The van der Waals surface area contributed by atoms with Crippen molar-refractivity contribution in [2.24, 2.45) is 0 Å². The monoisotopic (exact) mass is 452 g/mol. The van der Waals surface area contributed by atoms with Crippen molar-refractivity contribution in [1.29, 1.82) is 0 Å². The Morgan fingerprint density at radius 2 is 1.61 bits per heavy atom. The zero-order valence-corrected chi connectivity index (χ0v) is 22.2. The topological polar surface area (TPSA) is 35.5 Å². The molecule has 0 bridgehead atoms. The number of esters is 1. The van der Waals surface area contributed by atoms with Crippen LogP contribution >= 0.6 is 0 Å². The molecule has 0 amide bonds. The predicted octanol–water partition coefficient (Wildman–Crippen LogP) is 8.51. The van der Waals surface area contributed by atoms with E-state index in [4.69, 9.17) is 9.47 Å². The maximum Gasteiger partial charge on any atom is 0.308 e. The van der Waals surface area contributed by atoms with Gasteiger partial charge in [0.25, 0.3) is 0 Å². The van der Waals surface area contributed by atoms with Crippen LogP contribution in [-0.4, -0.2) is 11.6 Å². The zero-order valence-electron chi connectivity index (χ0n) is 22.2. The van der Waals surface area contributed by atoms with Crippen molar-refractivity contribution in [3.8, 4) is 11.5 Å². The maximum atomic E-state index is 11.4. The van der Waals surface area contributed by atoms with Crippen LogP contribution in [-0.2, 0) is 11.2 Å². The van der Waals surface area contributed by atoms with Gasteiger partial charge < -0.3 is 9.47 Å². The molecule has 182 valence electrons. The smallest absolute Gasteiger partial charge is 0.308 e. The van der Waals surface area contributed by atoms with E-state index in [0.29, 0.717) is 5.75 Å². The molecule has 1 aliphatic rings. The van der Waals surface area contributed by atoms with Gasteiger partial charge in [0.2, 0.25) is 0 Å². The van der Waals surface area contributed by atoms with Crippen molar-refractivity contribution < 1.29 is 14.3 Å². The Morgan fingerprint density at radius 1 is 1.00 bits per heavy atom. The third-order valence-corrected chi connectivity index (χ3v) is 6.60. The van der Waals surface area contributed by atoms with Gasteiger partial charge in [-0.1, -0.05) is 34.9 Å². The van der Waals surface area contributed by atoms with Crippen LogP contribution in [0.4, 0.5) is 0 Å². The van der Waals surface area contributed by atoms with Crippen LogP contribution < -0.4 is 9.47 Å². The normalized spacial score (nSPS) is 18.4. The summed E-state index contributed by atoms with van der Waals surface area (Å²) in [4.78, 5) is 11.4. The highest BCUT2D eigenvalue weighted by atomic mass is 16.5. The lowest BCUT2D eigenvalue weighted by Crippen LogP contribution is -2.36. The van der Waals surface area contributed by atoms with Crippen molar-refractivity contribution in [3.63, 3.8) is 0 Å². The number of ether oxygens (including phenoxy) is 2. The number of carbonyl (C=O) groups excluding carboxylic acids is 1. The summed E-state index contributed by atoms with van der Waals surface area (Å²) in [5.41, 5.74) is 7.43. The van der Waals surface area contributed by atoms with E-state index in [1.54, 1.807) is 0 Å². The third-order valence-electron chi connectivity index (χ3n) is 6.60. The molecule has 1 heterocycles. The summed E-state index contributed by atoms with van der Waals surface area (Å²) in [6, 6.07) is 1.93. The average molecular weight is 453 g/mol. The second-order valence-corrected chi connectivity index (χ2v) is 10.3. The fraction of sp³-hybridized carbons (Fsp3) is 0.567. The van der Waals surface area contributed by atoms with Gasteiger partial charge in [-0.15, -0.1) is 0 Å². The molecule has 3 heteroatoms. The van der Waals surface area contributed by atoms with Crippen LogP contribution in [0, 0.1) is 13.8 Å². The van der Waals surface area contributed by atoms with Gasteiger partial charge in [-0.3, -0.25) is 4.79 Å². The van der Waals surface area contributed by atoms with E-state index in [-0.39, 0.29) is 11.6 Å². The minimum atomic E-state index is -0.282. The predicted molar refractivity (Wildman–Crippen MR) is 139 cm³/mol. The van der Waals surface area contributed by atoms with Crippen LogP contribution in [0.5, 0.6) is 11.5 Å². The van der Waals surface area contributed by atoms with Crippen LogP contribution in [0.25, 0.3) is 0 Å². The molecule has 0 unspecified atom stereocenters. The lowest BCUT2D eigenvalue weighted by molar-refractivity contribution is -0.131. The first kappa shape index (κ1) is 27.0. The van der Waals surface area contributed by atoms with Gasteiger partial charge in [-0.25, -0.2) is 0 Å². The van der Waals surface area contributed by atoms with Gasteiger partial charge in [-0.05, 0) is 117 Å². The number of fused-ring (bicyclic) bond motifs is 1. The van der Waals surface area contributed by atoms with Crippen LogP contribution in [0.3, 0.4) is 0 Å². The molecule has 0 spiro atoms. The number of allylic oxidation sites excluding steroid dienone is 6. The summed E-state index contributed by atoms with van der Waals surface area (Å²) < 4.78 is 12.0. The summed E-state index contributed by atoms with van der Waals surface area (Å²) in [5.74, 6) is 1.35. The standard InChI is InChI=1S/C30H44O3/c1-21(2)12-9-13-22(3)14-10-15-23(4)16-11-18-30(8)19-17-27-25(6)28(32-26(7)31)20-24(5)29(27)33-30/h12,14,16,20H,9-11,13,15,17-19H2,1-8H3/b22-14+,23-16+/t30-/m1/s1. The zero-order chi connectivity index (χ0) is 24.6. The summed E-state index contributed by atoms with van der Waals surface area (Å²) in [5, 5.41) is 0. The molecule has 3 nitrogen and oxygen atoms in total. The van der Waals surface area contributed by atoms with Gasteiger partial charge in [0.15, 0.2) is 0 Å². The molecular formula is C30H44O3. The summed E-state index contributed by atoms with van der Waals surface area (Å²) in [7, 11) is 0. The van der Waals surface area contributed by atoms with Crippen molar-refractivity contribution in [2.45, 2.75) is 112 Å². The first-order valence-corrected chi connectivity index (χ1v) is 12.5. The molecule has 0 aliphatic carbocycles. The Balaban J connectivity index is 1.90. The van der Waals surface area contributed by atoms with Gasteiger partial charge >= 0.3 is 5.97 Å². The Labute approximate surface area is 202 Å². The summed E-state index contributed by atoms with van der Waals surface area (Å²) in [6.45, 7) is 16.5. The highest BCUT2D eigenvalue weighted by Gasteiger charge is 2.33. The average Bonchev–Trinajstić information content (AvgIpc) is 2.71. The Morgan fingerprint density at radius 3 is 2.21 bits per heavy atom. The van der Waals surface area contributed by atoms with Crippen molar-refractivity contribution in [3.05, 3.63) is 57.7 Å². The quantitative estimate of drug-likeness (QED) is 0.203. The Kier molecular flexibility index (Phi) is 10.0. The molecular weight excluding hydrogens is 408 g/mol. The van der Waals surface area contributed by atoms with E-state index in [0.717, 1.165) is 68.2 Å². The SMILES string of the molecule is CC(=O)Oc1cc(C)c2c(c1C)CC[C@@](C)(CC/C=C(\C)CC/C=C(\C)CCC=C(C)C)O2. The molecule has 1 aromatic rings. The highest BCUT2D eigenvalue weighted by Crippen LogP contribution is 2.42. The Hall–Kier alpha value is -2.29. The molecule has 1 aromatic carbocycles. The van der Waals surface area contributed by atoms with E-state index >= 15 is 0 Å². The molecule has 0 saturated heterocycles. The number of benzene rings is 1. The lowest BCUT2D eigenvalue weighted by atomic mass is 9.86. The van der Waals surface area contributed by atoms with E-state index in [9.17, 15) is 4.79 Å². The molecule has 0 fully saturated rings. The minimum Gasteiger partial charge on any atom is -0.487 e. The minimum absolute atomic E-state index is 0.161. The number of hydrogen-bond acceptors (Lipinski definition) is 3. The Bertz CT molecular complexity index is 928. The maximum absolute atomic E-state index is 11.4.